The Labute approximate surface area is 96.8 Å². The van der Waals surface area contributed by atoms with Gasteiger partial charge in [-0.05, 0) is 45.8 Å². The van der Waals surface area contributed by atoms with Crippen LogP contribution in [0.3, 0.4) is 0 Å². The third-order valence-electron chi connectivity index (χ3n) is 2.35. The van der Waals surface area contributed by atoms with E-state index in [9.17, 15) is 9.90 Å². The molecule has 90 valence electrons. The van der Waals surface area contributed by atoms with Crippen molar-refractivity contribution in [2.24, 2.45) is 0 Å². The molecule has 1 N–H and O–H groups in total. The van der Waals surface area contributed by atoms with E-state index < -0.39 is 5.60 Å². The van der Waals surface area contributed by atoms with Crippen LogP contribution in [0.15, 0.2) is 23.5 Å². The van der Waals surface area contributed by atoms with E-state index in [-0.39, 0.29) is 11.9 Å². The molecule has 0 atom stereocenters. The summed E-state index contributed by atoms with van der Waals surface area (Å²) in [5, 5.41) is 9.61. The van der Waals surface area contributed by atoms with Crippen molar-refractivity contribution in [3.05, 3.63) is 23.5 Å². The van der Waals surface area contributed by atoms with E-state index in [1.54, 1.807) is 6.08 Å². The van der Waals surface area contributed by atoms with E-state index in [0.29, 0.717) is 12.0 Å². The second-order valence-corrected chi connectivity index (χ2v) is 4.88. The topological polar surface area (TPSA) is 46.5 Å². The van der Waals surface area contributed by atoms with Crippen molar-refractivity contribution in [2.45, 2.75) is 52.2 Å². The molecule has 0 aromatic heterocycles. The minimum atomic E-state index is -1.28. The second-order valence-electron chi connectivity index (χ2n) is 4.88. The average molecular weight is 224 g/mol. The Hall–Kier alpha value is -1.09. The van der Waals surface area contributed by atoms with Crippen LogP contribution in [-0.2, 0) is 9.53 Å². The summed E-state index contributed by atoms with van der Waals surface area (Å²) in [7, 11) is 0. The molecule has 0 aromatic carbocycles. The van der Waals surface area contributed by atoms with E-state index in [1.165, 1.54) is 13.8 Å². The van der Waals surface area contributed by atoms with Gasteiger partial charge in [-0.3, -0.25) is 4.79 Å². The maximum absolute atomic E-state index is 11.8. The molecule has 0 spiro atoms. The van der Waals surface area contributed by atoms with Crippen molar-refractivity contribution >= 4 is 5.78 Å². The van der Waals surface area contributed by atoms with Gasteiger partial charge in [0.1, 0.15) is 5.60 Å². The zero-order valence-electron chi connectivity index (χ0n) is 10.4. The first-order valence-corrected chi connectivity index (χ1v) is 5.64. The first-order chi connectivity index (χ1) is 7.30. The lowest BCUT2D eigenvalue weighted by Gasteiger charge is -2.21. The number of carbonyl (C=O) groups excluding carboxylic acids is 1. The molecule has 0 aliphatic heterocycles. The highest BCUT2D eigenvalue weighted by molar-refractivity contribution is 6.01. The van der Waals surface area contributed by atoms with E-state index in [0.717, 1.165) is 12.2 Å². The molecule has 3 nitrogen and oxygen atoms in total. The number of rotatable bonds is 4. The highest BCUT2D eigenvalue weighted by Crippen LogP contribution is 2.24. The molecular formula is C13H20O3. The van der Waals surface area contributed by atoms with Crippen LogP contribution in [0.5, 0.6) is 0 Å². The maximum Gasteiger partial charge on any atom is 0.189 e. The molecule has 0 saturated heterocycles. The van der Waals surface area contributed by atoms with Gasteiger partial charge in [0.15, 0.2) is 5.78 Å². The Morgan fingerprint density at radius 1 is 1.38 bits per heavy atom. The predicted molar refractivity (Wildman–Crippen MR) is 62.9 cm³/mol. The molecule has 1 rings (SSSR count). The van der Waals surface area contributed by atoms with E-state index in [1.807, 2.05) is 19.9 Å². The molecule has 0 saturated carbocycles. The van der Waals surface area contributed by atoms with Gasteiger partial charge in [-0.25, -0.2) is 0 Å². The third kappa shape index (κ3) is 3.49. The number of hydrogen-bond donors (Lipinski definition) is 1. The van der Waals surface area contributed by atoms with E-state index in [4.69, 9.17) is 4.74 Å². The van der Waals surface area contributed by atoms with E-state index >= 15 is 0 Å². The maximum atomic E-state index is 11.8. The fourth-order valence-electron chi connectivity index (χ4n) is 1.60. The summed E-state index contributed by atoms with van der Waals surface area (Å²) >= 11 is 0. The standard InChI is InChI=1S/C13H20O3/c1-9(2)16-11-7-5-10(6-8-11)12(14)13(3,4)15/h5,7,9,15H,6,8H2,1-4H3. The zero-order chi connectivity index (χ0) is 12.3. The number of aliphatic hydroxyl groups is 1. The molecule has 0 radical (unpaired) electrons. The van der Waals surface area contributed by atoms with Crippen molar-refractivity contribution in [3.8, 4) is 0 Å². The van der Waals surface area contributed by atoms with Gasteiger partial charge in [0.25, 0.3) is 0 Å². The highest BCUT2D eigenvalue weighted by atomic mass is 16.5. The quantitative estimate of drug-likeness (QED) is 0.797. The SMILES string of the molecule is CC(C)OC1=CC=C(C(=O)C(C)(C)O)CC1. The number of carbonyl (C=O) groups is 1. The molecule has 16 heavy (non-hydrogen) atoms. The van der Waals surface area contributed by atoms with Crippen molar-refractivity contribution in [1.82, 2.24) is 0 Å². The van der Waals surface area contributed by atoms with Gasteiger partial charge in [0.05, 0.1) is 11.9 Å². The predicted octanol–water partition coefficient (Wildman–Crippen LogP) is 2.36. The Morgan fingerprint density at radius 3 is 2.38 bits per heavy atom. The molecule has 0 heterocycles. The van der Waals surface area contributed by atoms with Gasteiger partial charge in [-0.1, -0.05) is 6.08 Å². The molecule has 1 aliphatic carbocycles. The monoisotopic (exact) mass is 224 g/mol. The van der Waals surface area contributed by atoms with Gasteiger partial charge in [-0.15, -0.1) is 0 Å². The molecule has 0 bridgehead atoms. The molecule has 0 unspecified atom stereocenters. The summed E-state index contributed by atoms with van der Waals surface area (Å²) in [5.41, 5.74) is -0.612. The van der Waals surface area contributed by atoms with Gasteiger partial charge in [0, 0.05) is 6.42 Å². The first kappa shape index (κ1) is 13.0. The summed E-state index contributed by atoms with van der Waals surface area (Å²) in [4.78, 5) is 11.8. The third-order valence-corrected chi connectivity index (χ3v) is 2.35. The van der Waals surface area contributed by atoms with Crippen molar-refractivity contribution in [1.29, 1.82) is 0 Å². The minimum Gasteiger partial charge on any atom is -0.495 e. The molecule has 0 fully saturated rings. The number of hydrogen-bond acceptors (Lipinski definition) is 3. The van der Waals surface area contributed by atoms with Crippen LogP contribution < -0.4 is 0 Å². The van der Waals surface area contributed by atoms with Crippen molar-refractivity contribution in [3.63, 3.8) is 0 Å². The number of ketones is 1. The Kier molecular flexibility index (Phi) is 3.92. The summed E-state index contributed by atoms with van der Waals surface area (Å²) in [5.74, 6) is 0.703. The smallest absolute Gasteiger partial charge is 0.189 e. The van der Waals surface area contributed by atoms with Crippen LogP contribution in [0, 0.1) is 0 Å². The highest BCUT2D eigenvalue weighted by Gasteiger charge is 2.27. The van der Waals surface area contributed by atoms with Crippen LogP contribution in [-0.4, -0.2) is 22.6 Å². The van der Waals surface area contributed by atoms with Gasteiger partial charge < -0.3 is 9.84 Å². The summed E-state index contributed by atoms with van der Waals surface area (Å²) in [6.45, 7) is 6.98. The Balaban J connectivity index is 2.71. The summed E-state index contributed by atoms with van der Waals surface area (Å²) in [6.07, 6.45) is 5.10. The van der Waals surface area contributed by atoms with Crippen LogP contribution in [0.25, 0.3) is 0 Å². The average Bonchev–Trinajstić information content (AvgIpc) is 2.15. The van der Waals surface area contributed by atoms with Gasteiger partial charge in [0.2, 0.25) is 0 Å². The normalized spacial score (nSPS) is 16.9. The minimum absolute atomic E-state index is 0.159. The summed E-state index contributed by atoms with van der Waals surface area (Å²) < 4.78 is 5.55. The number of allylic oxidation sites excluding steroid dienone is 3. The van der Waals surface area contributed by atoms with E-state index in [2.05, 4.69) is 0 Å². The fraction of sp³-hybridized carbons (Fsp3) is 0.615. The van der Waals surface area contributed by atoms with Crippen molar-refractivity contribution < 1.29 is 14.6 Å². The largest absolute Gasteiger partial charge is 0.495 e. The van der Waals surface area contributed by atoms with Crippen LogP contribution >= 0.6 is 0 Å². The summed E-state index contributed by atoms with van der Waals surface area (Å²) in [6, 6.07) is 0. The number of ether oxygens (including phenoxy) is 1. The molecule has 1 aliphatic rings. The van der Waals surface area contributed by atoms with Crippen molar-refractivity contribution in [2.75, 3.05) is 0 Å². The van der Waals surface area contributed by atoms with Gasteiger partial charge >= 0.3 is 0 Å². The first-order valence-electron chi connectivity index (χ1n) is 5.64. The molecular weight excluding hydrogens is 204 g/mol. The van der Waals surface area contributed by atoms with Crippen LogP contribution in [0.2, 0.25) is 0 Å². The van der Waals surface area contributed by atoms with Crippen LogP contribution in [0.4, 0.5) is 0 Å². The lowest BCUT2D eigenvalue weighted by atomic mass is 9.91. The molecule has 0 amide bonds. The lowest BCUT2D eigenvalue weighted by Crippen LogP contribution is -2.32. The Morgan fingerprint density at radius 2 is 2.00 bits per heavy atom. The zero-order valence-corrected chi connectivity index (χ0v) is 10.4. The fourth-order valence-corrected chi connectivity index (χ4v) is 1.60. The van der Waals surface area contributed by atoms with Crippen LogP contribution in [0.1, 0.15) is 40.5 Å². The van der Waals surface area contributed by atoms with Gasteiger partial charge in [-0.2, -0.15) is 0 Å². The molecule has 3 heteroatoms. The second kappa shape index (κ2) is 4.83. The number of Topliss-reactive ketones (excluding diaryl/α,β-unsaturated/α-hetero) is 1. The molecule has 0 aromatic rings. The Bertz CT molecular complexity index is 330. The lowest BCUT2D eigenvalue weighted by molar-refractivity contribution is -0.130.